The second-order valence-electron chi connectivity index (χ2n) is 6.93. The maximum absolute atomic E-state index is 12.7. The zero-order valence-electron chi connectivity index (χ0n) is 14.1. The van der Waals surface area contributed by atoms with Crippen molar-refractivity contribution >= 4 is 40.2 Å². The Morgan fingerprint density at radius 1 is 1.27 bits per heavy atom. The van der Waals surface area contributed by atoms with E-state index in [1.54, 1.807) is 18.2 Å². The van der Waals surface area contributed by atoms with Gasteiger partial charge < -0.3 is 10.6 Å². The molecule has 0 atom stereocenters. The number of nitrogens with one attached hydrogen (secondary N) is 2. The zero-order valence-corrected chi connectivity index (χ0v) is 15.7. The Morgan fingerprint density at radius 2 is 2.00 bits per heavy atom. The second kappa shape index (κ2) is 6.26. The van der Waals surface area contributed by atoms with Crippen LogP contribution in [0.3, 0.4) is 0 Å². The summed E-state index contributed by atoms with van der Waals surface area (Å²) in [7, 11) is 0. The maximum Gasteiger partial charge on any atom is 0.264 e. The first-order valence-electron chi connectivity index (χ1n) is 8.32. The predicted molar refractivity (Wildman–Crippen MR) is 104 cm³/mol. The number of rotatable bonds is 2. The zero-order chi connectivity index (χ0) is 18.5. The molecule has 9 heteroatoms. The van der Waals surface area contributed by atoms with Crippen molar-refractivity contribution in [3.63, 3.8) is 0 Å². The first kappa shape index (κ1) is 17.3. The molecule has 0 amide bonds. The predicted octanol–water partition coefficient (Wildman–Crippen LogP) is 2.94. The van der Waals surface area contributed by atoms with Crippen molar-refractivity contribution in [3.8, 4) is 11.3 Å². The molecule has 0 unspecified atom stereocenters. The molecule has 0 radical (unpaired) electrons. The van der Waals surface area contributed by atoms with E-state index in [9.17, 15) is 4.79 Å². The molecule has 3 heterocycles. The van der Waals surface area contributed by atoms with Gasteiger partial charge in [0.25, 0.3) is 5.56 Å². The molecule has 0 saturated carbocycles. The topological polar surface area (TPSA) is 104 Å². The molecule has 0 bridgehead atoms. The van der Waals surface area contributed by atoms with Crippen LogP contribution in [0.25, 0.3) is 22.3 Å². The number of piperidine rings is 1. The summed E-state index contributed by atoms with van der Waals surface area (Å²) in [5, 5.41) is 8.20. The summed E-state index contributed by atoms with van der Waals surface area (Å²) in [6, 6.07) is 5.21. The smallest absolute Gasteiger partial charge is 0.264 e. The highest BCUT2D eigenvalue weighted by Gasteiger charge is 2.27. The third-order valence-corrected chi connectivity index (χ3v) is 5.65. The fraction of sp³-hybridized carbons (Fsp3) is 0.353. The van der Waals surface area contributed by atoms with Gasteiger partial charge in [-0.05, 0) is 25.8 Å². The number of H-pyrrole nitrogens is 2. The highest BCUT2D eigenvalue weighted by molar-refractivity contribution is 6.43. The number of aromatic nitrogens is 4. The number of fused-ring (bicyclic) bond motifs is 1. The van der Waals surface area contributed by atoms with E-state index in [1.165, 1.54) is 0 Å². The number of benzene rings is 1. The Balaban J connectivity index is 1.77. The monoisotopic (exact) mass is 392 g/mol. The van der Waals surface area contributed by atoms with Gasteiger partial charge in [0, 0.05) is 24.2 Å². The average molecular weight is 393 g/mol. The van der Waals surface area contributed by atoms with Crippen molar-refractivity contribution in [1.29, 1.82) is 0 Å². The first-order chi connectivity index (χ1) is 12.4. The molecule has 136 valence electrons. The van der Waals surface area contributed by atoms with Gasteiger partial charge in [0.15, 0.2) is 5.65 Å². The van der Waals surface area contributed by atoms with Crippen LogP contribution in [0.2, 0.25) is 10.0 Å². The number of hydrogen-bond acceptors (Lipinski definition) is 5. The van der Waals surface area contributed by atoms with Crippen LogP contribution in [-0.2, 0) is 0 Å². The van der Waals surface area contributed by atoms with Gasteiger partial charge in [-0.15, -0.1) is 0 Å². The lowest BCUT2D eigenvalue weighted by Gasteiger charge is -2.36. The lowest BCUT2D eigenvalue weighted by Crippen LogP contribution is -2.48. The van der Waals surface area contributed by atoms with E-state index >= 15 is 0 Å². The Labute approximate surface area is 159 Å². The van der Waals surface area contributed by atoms with Crippen LogP contribution in [0.4, 0.5) is 5.95 Å². The number of nitrogens with zero attached hydrogens (tertiary/aromatic N) is 3. The third-order valence-electron chi connectivity index (χ3n) is 4.83. The summed E-state index contributed by atoms with van der Waals surface area (Å²) in [5.41, 5.74) is 7.16. The molecule has 3 aromatic rings. The Kier molecular flexibility index (Phi) is 4.17. The number of halogens is 2. The van der Waals surface area contributed by atoms with Gasteiger partial charge in [-0.2, -0.15) is 10.1 Å². The average Bonchev–Trinajstić information content (AvgIpc) is 3.01. The van der Waals surface area contributed by atoms with Gasteiger partial charge in [-0.3, -0.25) is 14.9 Å². The number of nitrogens with two attached hydrogens (primary N) is 1. The van der Waals surface area contributed by atoms with E-state index < -0.39 is 0 Å². The van der Waals surface area contributed by atoms with E-state index in [4.69, 9.17) is 28.9 Å². The van der Waals surface area contributed by atoms with Crippen LogP contribution in [0.5, 0.6) is 0 Å². The molecule has 1 aromatic carbocycles. The Morgan fingerprint density at radius 3 is 2.73 bits per heavy atom. The van der Waals surface area contributed by atoms with Crippen molar-refractivity contribution in [3.05, 3.63) is 38.6 Å². The fourth-order valence-electron chi connectivity index (χ4n) is 3.19. The molecule has 0 aliphatic carbocycles. The summed E-state index contributed by atoms with van der Waals surface area (Å²) in [6.07, 6.45) is 1.67. The summed E-state index contributed by atoms with van der Waals surface area (Å²) in [5.74, 6) is 0.519. The number of aromatic amines is 2. The van der Waals surface area contributed by atoms with E-state index in [0.29, 0.717) is 38.3 Å². The molecule has 0 spiro atoms. The van der Waals surface area contributed by atoms with Crippen LogP contribution < -0.4 is 16.2 Å². The molecule has 4 rings (SSSR count). The highest BCUT2D eigenvalue weighted by Crippen LogP contribution is 2.34. The molecular formula is C17H18Cl2N6O. The molecular weight excluding hydrogens is 375 g/mol. The molecule has 1 aliphatic heterocycles. The van der Waals surface area contributed by atoms with Gasteiger partial charge in [-0.25, -0.2) is 0 Å². The van der Waals surface area contributed by atoms with Crippen molar-refractivity contribution in [2.45, 2.75) is 25.3 Å². The molecule has 1 saturated heterocycles. The Bertz CT molecular complexity index is 1030. The maximum atomic E-state index is 12.7. The second-order valence-corrected chi connectivity index (χ2v) is 7.71. The van der Waals surface area contributed by atoms with E-state index in [-0.39, 0.29) is 11.1 Å². The van der Waals surface area contributed by atoms with Crippen molar-refractivity contribution in [1.82, 2.24) is 20.2 Å². The van der Waals surface area contributed by atoms with Crippen molar-refractivity contribution < 1.29 is 0 Å². The van der Waals surface area contributed by atoms with Crippen molar-refractivity contribution in [2.75, 3.05) is 18.0 Å². The van der Waals surface area contributed by atoms with E-state index in [1.807, 2.05) is 11.8 Å². The largest absolute Gasteiger partial charge is 0.342 e. The van der Waals surface area contributed by atoms with Gasteiger partial charge in [0.1, 0.15) is 11.1 Å². The minimum Gasteiger partial charge on any atom is -0.342 e. The lowest BCUT2D eigenvalue weighted by molar-refractivity contribution is 0.362. The van der Waals surface area contributed by atoms with Crippen molar-refractivity contribution in [2.24, 2.45) is 5.73 Å². The van der Waals surface area contributed by atoms with Crippen LogP contribution in [0.1, 0.15) is 19.8 Å². The standard InChI is InChI=1S/C17H18Cl2N6O/c1-17(20)5-7-25(8-6-17)16-21-14-11(15(26)22-16)13(23-24-14)9-3-2-4-10(18)12(9)19/h2-4H,5-8,20H2,1H3,(H2,21,22,23,24,26). The summed E-state index contributed by atoms with van der Waals surface area (Å²) in [6.45, 7) is 3.52. The van der Waals surface area contributed by atoms with Crippen LogP contribution >= 0.6 is 23.2 Å². The lowest BCUT2D eigenvalue weighted by atomic mass is 9.91. The quantitative estimate of drug-likeness (QED) is 0.621. The fourth-order valence-corrected chi connectivity index (χ4v) is 3.58. The van der Waals surface area contributed by atoms with E-state index in [2.05, 4.69) is 20.2 Å². The molecule has 2 aromatic heterocycles. The third kappa shape index (κ3) is 2.96. The molecule has 4 N–H and O–H groups in total. The highest BCUT2D eigenvalue weighted by atomic mass is 35.5. The number of hydrogen-bond donors (Lipinski definition) is 3. The normalized spacial score (nSPS) is 17.0. The Hall–Kier alpha value is -2.09. The molecule has 7 nitrogen and oxygen atoms in total. The van der Waals surface area contributed by atoms with Gasteiger partial charge in [-0.1, -0.05) is 35.3 Å². The van der Waals surface area contributed by atoms with Gasteiger partial charge >= 0.3 is 0 Å². The van der Waals surface area contributed by atoms with E-state index in [0.717, 1.165) is 25.9 Å². The minimum absolute atomic E-state index is 0.175. The summed E-state index contributed by atoms with van der Waals surface area (Å²) >= 11 is 12.4. The van der Waals surface area contributed by atoms with Gasteiger partial charge in [0.05, 0.1) is 10.0 Å². The van der Waals surface area contributed by atoms with Gasteiger partial charge in [0.2, 0.25) is 5.95 Å². The van der Waals surface area contributed by atoms with Crippen LogP contribution in [0.15, 0.2) is 23.0 Å². The van der Waals surface area contributed by atoms with Crippen LogP contribution in [-0.4, -0.2) is 38.8 Å². The van der Waals surface area contributed by atoms with Crippen LogP contribution in [0, 0.1) is 0 Å². The SMILES string of the molecule is CC1(N)CCN(c2nc3[nH]nc(-c4cccc(Cl)c4Cl)c3c(=O)[nH]2)CC1. The molecule has 1 fully saturated rings. The summed E-state index contributed by atoms with van der Waals surface area (Å²) in [4.78, 5) is 22.2. The first-order valence-corrected chi connectivity index (χ1v) is 9.08. The number of anilines is 1. The summed E-state index contributed by atoms with van der Waals surface area (Å²) < 4.78 is 0. The minimum atomic E-state index is -0.272. The molecule has 1 aliphatic rings. The molecule has 26 heavy (non-hydrogen) atoms.